The highest BCUT2D eigenvalue weighted by Gasteiger charge is 2.35. The molecular weight excluding hydrogens is 126 g/mol. The molecule has 1 aliphatic heterocycles. The van der Waals surface area contributed by atoms with Crippen LogP contribution in [-0.4, -0.2) is 18.9 Å². The van der Waals surface area contributed by atoms with Crippen LogP contribution >= 0.6 is 0 Å². The lowest BCUT2D eigenvalue weighted by atomic mass is 9.89. The van der Waals surface area contributed by atoms with E-state index in [1.807, 2.05) is 0 Å². The van der Waals surface area contributed by atoms with E-state index in [1.165, 1.54) is 6.42 Å². The molecule has 2 rings (SSSR count). The normalized spacial score (nSPS) is 39.8. The summed E-state index contributed by atoms with van der Waals surface area (Å²) in [7, 11) is 0. The van der Waals surface area contributed by atoms with Crippen molar-refractivity contribution in [1.82, 2.24) is 5.32 Å². The predicted octanol–water partition coefficient (Wildman–Crippen LogP) is 0.575. The van der Waals surface area contributed by atoms with Crippen molar-refractivity contribution in [3.05, 3.63) is 0 Å². The SMILES string of the molecule is O=C1CC[C@@H]2CCNC[C@H]12. The van der Waals surface area contributed by atoms with Gasteiger partial charge in [-0.2, -0.15) is 0 Å². The first-order valence-corrected chi connectivity index (χ1v) is 4.11. The summed E-state index contributed by atoms with van der Waals surface area (Å²) in [4.78, 5) is 11.2. The second-order valence-electron chi connectivity index (χ2n) is 3.36. The molecule has 1 heterocycles. The van der Waals surface area contributed by atoms with Crippen LogP contribution in [0.4, 0.5) is 0 Å². The summed E-state index contributed by atoms with van der Waals surface area (Å²) >= 11 is 0. The molecule has 0 aromatic carbocycles. The molecule has 0 aromatic rings. The number of carbonyl (C=O) groups excluding carboxylic acids is 1. The average Bonchev–Trinajstić information content (AvgIpc) is 2.34. The molecule has 0 aromatic heterocycles. The molecule has 1 aliphatic carbocycles. The van der Waals surface area contributed by atoms with E-state index in [-0.39, 0.29) is 0 Å². The van der Waals surface area contributed by atoms with Gasteiger partial charge in [0.25, 0.3) is 0 Å². The van der Waals surface area contributed by atoms with E-state index >= 15 is 0 Å². The average molecular weight is 139 g/mol. The molecule has 0 unspecified atom stereocenters. The highest BCUT2D eigenvalue weighted by Crippen LogP contribution is 2.32. The van der Waals surface area contributed by atoms with E-state index in [9.17, 15) is 4.79 Å². The first-order valence-electron chi connectivity index (χ1n) is 4.11. The second kappa shape index (κ2) is 2.35. The third-order valence-corrected chi connectivity index (χ3v) is 2.80. The number of hydrogen-bond acceptors (Lipinski definition) is 2. The smallest absolute Gasteiger partial charge is 0.137 e. The van der Waals surface area contributed by atoms with Crippen LogP contribution in [0.2, 0.25) is 0 Å². The third-order valence-electron chi connectivity index (χ3n) is 2.80. The Balaban J connectivity index is 2.08. The number of piperidine rings is 1. The zero-order chi connectivity index (χ0) is 6.97. The maximum Gasteiger partial charge on any atom is 0.137 e. The van der Waals surface area contributed by atoms with Crippen LogP contribution < -0.4 is 5.32 Å². The Kier molecular flexibility index (Phi) is 1.49. The van der Waals surface area contributed by atoms with Crippen molar-refractivity contribution in [2.45, 2.75) is 19.3 Å². The van der Waals surface area contributed by atoms with Crippen molar-refractivity contribution in [2.24, 2.45) is 11.8 Å². The van der Waals surface area contributed by atoms with Crippen molar-refractivity contribution in [3.8, 4) is 0 Å². The highest BCUT2D eigenvalue weighted by atomic mass is 16.1. The molecule has 0 amide bonds. The van der Waals surface area contributed by atoms with Gasteiger partial charge in [0, 0.05) is 18.9 Å². The molecule has 1 saturated carbocycles. The summed E-state index contributed by atoms with van der Waals surface area (Å²) in [6, 6.07) is 0. The van der Waals surface area contributed by atoms with Crippen LogP contribution in [0.1, 0.15) is 19.3 Å². The number of ketones is 1. The van der Waals surface area contributed by atoms with Gasteiger partial charge in [-0.25, -0.2) is 0 Å². The predicted molar refractivity (Wildman–Crippen MR) is 38.7 cm³/mol. The molecule has 2 aliphatic rings. The van der Waals surface area contributed by atoms with Gasteiger partial charge in [-0.1, -0.05) is 0 Å². The van der Waals surface area contributed by atoms with Crippen LogP contribution in [0, 0.1) is 11.8 Å². The van der Waals surface area contributed by atoms with Crippen LogP contribution in [0.25, 0.3) is 0 Å². The molecule has 2 nitrogen and oxygen atoms in total. The molecule has 0 radical (unpaired) electrons. The Bertz CT molecular complexity index is 155. The van der Waals surface area contributed by atoms with Gasteiger partial charge in [-0.3, -0.25) is 4.79 Å². The van der Waals surface area contributed by atoms with Gasteiger partial charge in [-0.15, -0.1) is 0 Å². The number of carbonyl (C=O) groups is 1. The Labute approximate surface area is 61.0 Å². The van der Waals surface area contributed by atoms with Crippen LogP contribution in [0.3, 0.4) is 0 Å². The zero-order valence-corrected chi connectivity index (χ0v) is 6.10. The number of nitrogens with one attached hydrogen (secondary N) is 1. The lowest BCUT2D eigenvalue weighted by molar-refractivity contribution is -0.121. The molecule has 10 heavy (non-hydrogen) atoms. The first kappa shape index (κ1) is 6.35. The lowest BCUT2D eigenvalue weighted by Gasteiger charge is -2.24. The van der Waals surface area contributed by atoms with Crippen LogP contribution in [0.15, 0.2) is 0 Å². The quantitative estimate of drug-likeness (QED) is 0.531. The summed E-state index contributed by atoms with van der Waals surface area (Å²) < 4.78 is 0. The van der Waals surface area contributed by atoms with Crippen molar-refractivity contribution >= 4 is 5.78 Å². The molecule has 0 bridgehead atoms. The van der Waals surface area contributed by atoms with Crippen molar-refractivity contribution in [3.63, 3.8) is 0 Å². The molecule has 2 atom stereocenters. The standard InChI is InChI=1S/C8H13NO/c10-8-2-1-6-3-4-9-5-7(6)8/h6-7,9H,1-5H2/t6-,7+/m1/s1. The molecular formula is C8H13NO. The number of rotatable bonds is 0. The topological polar surface area (TPSA) is 29.1 Å². The fourth-order valence-electron chi connectivity index (χ4n) is 2.15. The summed E-state index contributed by atoms with van der Waals surface area (Å²) in [6.07, 6.45) is 3.22. The Hall–Kier alpha value is -0.370. The molecule has 0 spiro atoms. The Morgan fingerprint density at radius 2 is 2.30 bits per heavy atom. The minimum Gasteiger partial charge on any atom is -0.316 e. The maximum absolute atomic E-state index is 11.2. The maximum atomic E-state index is 11.2. The van der Waals surface area contributed by atoms with E-state index in [0.29, 0.717) is 11.7 Å². The summed E-state index contributed by atoms with van der Waals surface area (Å²) in [5.41, 5.74) is 0. The highest BCUT2D eigenvalue weighted by molar-refractivity contribution is 5.83. The second-order valence-corrected chi connectivity index (χ2v) is 3.36. The summed E-state index contributed by atoms with van der Waals surface area (Å²) in [5.74, 6) is 1.61. The fourth-order valence-corrected chi connectivity index (χ4v) is 2.15. The first-order chi connectivity index (χ1) is 4.88. The van der Waals surface area contributed by atoms with Gasteiger partial charge in [0.15, 0.2) is 0 Å². The molecule has 1 N–H and O–H groups in total. The summed E-state index contributed by atoms with van der Waals surface area (Å²) in [5, 5.41) is 3.27. The zero-order valence-electron chi connectivity index (χ0n) is 6.10. The number of Topliss-reactive ketones (excluding diaryl/α,β-unsaturated/α-hetero) is 1. The largest absolute Gasteiger partial charge is 0.316 e. The van der Waals surface area contributed by atoms with Gasteiger partial charge in [0.05, 0.1) is 0 Å². The van der Waals surface area contributed by atoms with E-state index in [1.54, 1.807) is 0 Å². The van der Waals surface area contributed by atoms with E-state index in [4.69, 9.17) is 0 Å². The number of fused-ring (bicyclic) bond motifs is 1. The van der Waals surface area contributed by atoms with Crippen LogP contribution in [-0.2, 0) is 4.79 Å². The number of hydrogen-bond donors (Lipinski definition) is 1. The summed E-state index contributed by atoms with van der Waals surface area (Å²) in [6.45, 7) is 2.07. The van der Waals surface area contributed by atoms with E-state index in [2.05, 4.69) is 5.32 Å². The van der Waals surface area contributed by atoms with E-state index in [0.717, 1.165) is 31.8 Å². The van der Waals surface area contributed by atoms with Gasteiger partial charge < -0.3 is 5.32 Å². The monoisotopic (exact) mass is 139 g/mol. The van der Waals surface area contributed by atoms with Gasteiger partial charge in [-0.05, 0) is 25.3 Å². The Morgan fingerprint density at radius 3 is 3.10 bits per heavy atom. The van der Waals surface area contributed by atoms with Gasteiger partial charge in [0.1, 0.15) is 5.78 Å². The minimum absolute atomic E-state index is 0.383. The minimum atomic E-state index is 0.383. The Morgan fingerprint density at radius 1 is 1.40 bits per heavy atom. The van der Waals surface area contributed by atoms with Crippen molar-refractivity contribution < 1.29 is 4.79 Å². The lowest BCUT2D eigenvalue weighted by Crippen LogP contribution is -2.36. The van der Waals surface area contributed by atoms with Gasteiger partial charge >= 0.3 is 0 Å². The van der Waals surface area contributed by atoms with Gasteiger partial charge in [0.2, 0.25) is 0 Å². The fraction of sp³-hybridized carbons (Fsp3) is 0.875. The van der Waals surface area contributed by atoms with Crippen LogP contribution in [0.5, 0.6) is 0 Å². The molecule has 2 fully saturated rings. The van der Waals surface area contributed by atoms with E-state index < -0.39 is 0 Å². The van der Waals surface area contributed by atoms with Crippen molar-refractivity contribution in [2.75, 3.05) is 13.1 Å². The third kappa shape index (κ3) is 0.870. The molecule has 56 valence electrons. The molecule has 2 heteroatoms. The van der Waals surface area contributed by atoms with Crippen molar-refractivity contribution in [1.29, 1.82) is 0 Å². The molecule has 1 saturated heterocycles.